The lowest BCUT2D eigenvalue weighted by molar-refractivity contribution is -0.154. The van der Waals surface area contributed by atoms with E-state index in [1.807, 2.05) is 0 Å². The van der Waals surface area contributed by atoms with Crippen molar-refractivity contribution >= 4 is 5.97 Å². The number of carbonyl (C=O) groups excluding carboxylic acids is 1. The first-order valence-corrected chi connectivity index (χ1v) is 20.6. The summed E-state index contributed by atoms with van der Waals surface area (Å²) in [5.74, 6) is -0.194. The van der Waals surface area contributed by atoms with E-state index in [0.717, 1.165) is 19.3 Å². The Hall–Kier alpha value is -0.610. The van der Waals surface area contributed by atoms with Crippen molar-refractivity contribution in [1.29, 1.82) is 0 Å². The number of carbonyl (C=O) groups is 1. The van der Waals surface area contributed by atoms with Gasteiger partial charge in [0.25, 0.3) is 0 Å². The Morgan fingerprint density at radius 3 is 1.04 bits per heavy atom. The number of aliphatic hydroxyl groups is 1. The van der Waals surface area contributed by atoms with Gasteiger partial charge in [-0.3, -0.25) is 4.79 Å². The van der Waals surface area contributed by atoms with Gasteiger partial charge in [-0.2, -0.15) is 0 Å². The zero-order valence-corrected chi connectivity index (χ0v) is 30.9. The third kappa shape index (κ3) is 37.7. The van der Waals surface area contributed by atoms with Gasteiger partial charge in [-0.15, -0.1) is 0 Å². The second-order valence-corrected chi connectivity index (χ2v) is 14.1. The summed E-state index contributed by atoms with van der Waals surface area (Å²) in [6.07, 6.45) is 44.5. The number of rotatable bonds is 39. The minimum atomic E-state index is -0.523. The Morgan fingerprint density at radius 2 is 0.733 bits per heavy atom. The van der Waals surface area contributed by atoms with Crippen molar-refractivity contribution < 1.29 is 19.4 Å². The van der Waals surface area contributed by atoms with Crippen molar-refractivity contribution in [2.45, 2.75) is 238 Å². The first-order valence-electron chi connectivity index (χ1n) is 20.6. The van der Waals surface area contributed by atoms with Crippen molar-refractivity contribution in [2.24, 2.45) is 0 Å². The first-order chi connectivity index (χ1) is 22.2. The van der Waals surface area contributed by atoms with Crippen LogP contribution in [0.15, 0.2) is 0 Å². The van der Waals surface area contributed by atoms with Crippen molar-refractivity contribution in [1.82, 2.24) is 0 Å². The van der Waals surface area contributed by atoms with E-state index in [1.54, 1.807) is 0 Å². The number of esters is 1. The van der Waals surface area contributed by atoms with E-state index >= 15 is 0 Å². The molecule has 1 N–H and O–H groups in total. The SMILES string of the molecule is CCCCCCCCCCCCCCCCCCCCCCCCCC(=O)OC(CO)COCCCCCCCCCCCC. The van der Waals surface area contributed by atoms with Gasteiger partial charge >= 0.3 is 5.97 Å². The standard InChI is InChI=1S/C41H82O4/c1-3-5-7-9-11-13-15-16-17-18-19-20-21-22-23-24-25-26-27-28-30-32-34-36-41(43)45-40(38-42)39-44-37-35-33-31-29-14-12-10-8-6-4-2/h40,42H,3-39H2,1-2H3. The summed E-state index contributed by atoms with van der Waals surface area (Å²) in [5, 5.41) is 9.55. The summed E-state index contributed by atoms with van der Waals surface area (Å²) in [6.45, 7) is 5.38. The summed E-state index contributed by atoms with van der Waals surface area (Å²) in [6, 6.07) is 0. The molecule has 0 radical (unpaired) electrons. The monoisotopic (exact) mass is 639 g/mol. The molecule has 0 aliphatic heterocycles. The highest BCUT2D eigenvalue weighted by atomic mass is 16.6. The molecular weight excluding hydrogens is 556 g/mol. The van der Waals surface area contributed by atoms with Crippen LogP contribution in [0, 0.1) is 0 Å². The molecule has 0 saturated heterocycles. The van der Waals surface area contributed by atoms with E-state index in [-0.39, 0.29) is 12.6 Å². The van der Waals surface area contributed by atoms with Crippen molar-refractivity contribution in [3.05, 3.63) is 0 Å². The number of ether oxygens (including phenoxy) is 2. The van der Waals surface area contributed by atoms with Crippen LogP contribution in [-0.4, -0.2) is 37.0 Å². The molecule has 0 spiro atoms. The summed E-state index contributed by atoms with van der Waals surface area (Å²) in [5.41, 5.74) is 0. The number of aliphatic hydroxyl groups excluding tert-OH is 1. The Bertz CT molecular complexity index is 552. The summed E-state index contributed by atoms with van der Waals surface area (Å²) in [4.78, 5) is 12.2. The normalized spacial score (nSPS) is 12.2. The van der Waals surface area contributed by atoms with Gasteiger partial charge in [0.05, 0.1) is 13.2 Å². The van der Waals surface area contributed by atoms with E-state index in [1.165, 1.54) is 193 Å². The van der Waals surface area contributed by atoms with Crippen molar-refractivity contribution in [2.75, 3.05) is 19.8 Å². The maximum atomic E-state index is 12.2. The molecule has 0 amide bonds. The largest absolute Gasteiger partial charge is 0.457 e. The van der Waals surface area contributed by atoms with E-state index in [2.05, 4.69) is 13.8 Å². The quantitative estimate of drug-likeness (QED) is 0.0537. The summed E-state index contributed by atoms with van der Waals surface area (Å²) in [7, 11) is 0. The van der Waals surface area contributed by atoms with E-state index in [0.29, 0.717) is 19.6 Å². The van der Waals surface area contributed by atoms with Crippen LogP contribution < -0.4 is 0 Å². The number of hydrogen-bond donors (Lipinski definition) is 1. The van der Waals surface area contributed by atoms with E-state index in [4.69, 9.17) is 9.47 Å². The molecule has 0 saturated carbocycles. The van der Waals surface area contributed by atoms with Crippen LogP contribution >= 0.6 is 0 Å². The molecule has 0 fully saturated rings. The average Bonchev–Trinajstić information content (AvgIpc) is 3.05. The molecule has 4 nitrogen and oxygen atoms in total. The minimum absolute atomic E-state index is 0.164. The Kier molecular flexibility index (Phi) is 39.0. The molecule has 45 heavy (non-hydrogen) atoms. The molecule has 0 aromatic rings. The van der Waals surface area contributed by atoms with Gasteiger partial charge in [0.2, 0.25) is 0 Å². The molecule has 4 heteroatoms. The number of unbranched alkanes of at least 4 members (excludes halogenated alkanes) is 31. The third-order valence-electron chi connectivity index (χ3n) is 9.43. The summed E-state index contributed by atoms with van der Waals surface area (Å²) >= 11 is 0. The molecule has 270 valence electrons. The lowest BCUT2D eigenvalue weighted by atomic mass is 10.0. The predicted molar refractivity (Wildman–Crippen MR) is 196 cm³/mol. The highest BCUT2D eigenvalue weighted by Gasteiger charge is 2.13. The van der Waals surface area contributed by atoms with Crippen LogP contribution in [0.4, 0.5) is 0 Å². The lowest BCUT2D eigenvalue weighted by Gasteiger charge is -2.16. The number of hydrogen-bond acceptors (Lipinski definition) is 4. The molecular formula is C41H82O4. The molecule has 0 heterocycles. The van der Waals surface area contributed by atoms with Crippen LogP contribution in [0.25, 0.3) is 0 Å². The van der Waals surface area contributed by atoms with Gasteiger partial charge in [0, 0.05) is 13.0 Å². The zero-order valence-electron chi connectivity index (χ0n) is 30.9. The van der Waals surface area contributed by atoms with Gasteiger partial charge in [-0.05, 0) is 12.8 Å². The van der Waals surface area contributed by atoms with Gasteiger partial charge in [-0.1, -0.05) is 213 Å². The van der Waals surface area contributed by atoms with Crippen molar-refractivity contribution in [3.8, 4) is 0 Å². The minimum Gasteiger partial charge on any atom is -0.457 e. The van der Waals surface area contributed by atoms with E-state index < -0.39 is 6.10 Å². The van der Waals surface area contributed by atoms with Gasteiger partial charge < -0.3 is 14.6 Å². The van der Waals surface area contributed by atoms with E-state index in [9.17, 15) is 9.90 Å². The van der Waals surface area contributed by atoms with Crippen LogP contribution in [0.2, 0.25) is 0 Å². The average molecular weight is 639 g/mol. The fraction of sp³-hybridized carbons (Fsp3) is 0.976. The Labute approximate surface area is 283 Å². The fourth-order valence-electron chi connectivity index (χ4n) is 6.33. The van der Waals surface area contributed by atoms with Crippen LogP contribution in [0.3, 0.4) is 0 Å². The fourth-order valence-corrected chi connectivity index (χ4v) is 6.33. The maximum Gasteiger partial charge on any atom is 0.306 e. The summed E-state index contributed by atoms with van der Waals surface area (Å²) < 4.78 is 11.1. The van der Waals surface area contributed by atoms with Crippen LogP contribution in [0.1, 0.15) is 232 Å². The van der Waals surface area contributed by atoms with Gasteiger partial charge in [-0.25, -0.2) is 0 Å². The molecule has 0 rings (SSSR count). The lowest BCUT2D eigenvalue weighted by Crippen LogP contribution is -2.27. The predicted octanol–water partition coefficient (Wildman–Crippen LogP) is 13.2. The van der Waals surface area contributed by atoms with Gasteiger partial charge in [0.15, 0.2) is 0 Å². The Balaban J connectivity index is 3.32. The van der Waals surface area contributed by atoms with Crippen molar-refractivity contribution in [3.63, 3.8) is 0 Å². The second-order valence-electron chi connectivity index (χ2n) is 14.1. The smallest absolute Gasteiger partial charge is 0.306 e. The molecule has 0 aliphatic rings. The Morgan fingerprint density at radius 1 is 0.444 bits per heavy atom. The van der Waals surface area contributed by atoms with Crippen LogP contribution in [-0.2, 0) is 14.3 Å². The first kappa shape index (κ1) is 44.4. The van der Waals surface area contributed by atoms with Crippen LogP contribution in [0.5, 0.6) is 0 Å². The molecule has 1 unspecified atom stereocenters. The molecule has 1 atom stereocenters. The molecule has 0 aliphatic carbocycles. The topological polar surface area (TPSA) is 55.8 Å². The highest BCUT2D eigenvalue weighted by molar-refractivity contribution is 5.69. The molecule has 0 aromatic heterocycles. The highest BCUT2D eigenvalue weighted by Crippen LogP contribution is 2.16. The zero-order chi connectivity index (χ0) is 32.7. The molecule has 0 bridgehead atoms. The third-order valence-corrected chi connectivity index (χ3v) is 9.43. The second kappa shape index (κ2) is 39.6. The maximum absolute atomic E-state index is 12.2. The molecule has 0 aromatic carbocycles. The van der Waals surface area contributed by atoms with Gasteiger partial charge in [0.1, 0.15) is 6.10 Å².